The molecule has 4 aromatic rings. The molecule has 2 aromatic carbocycles. The second-order valence-electron chi connectivity index (χ2n) is 13.3. The number of esters is 1. The molecular weight excluding hydrogens is 643 g/mol. The third-order valence-corrected chi connectivity index (χ3v) is 9.29. The van der Waals surface area contributed by atoms with Crippen molar-refractivity contribution in [3.8, 4) is 11.1 Å². The highest BCUT2D eigenvalue weighted by Gasteiger charge is 2.23. The zero-order valence-electron chi connectivity index (χ0n) is 28.9. The van der Waals surface area contributed by atoms with E-state index in [9.17, 15) is 24.0 Å². The van der Waals surface area contributed by atoms with Gasteiger partial charge in [-0.2, -0.15) is 10.2 Å². The van der Waals surface area contributed by atoms with Gasteiger partial charge in [0.2, 0.25) is 17.7 Å². The van der Waals surface area contributed by atoms with Crippen molar-refractivity contribution in [2.45, 2.75) is 90.5 Å². The SMILES string of the molecule is COC(=O)CNC(=O)CNC(=O)Cn1nc(C(C)C)c2c(-c3cc4c(cnn4C(=O)CCC(=O)CC4CCCCCCC4)cc3F)cccc21. The molecule has 12 nitrogen and oxygen atoms in total. The summed E-state index contributed by atoms with van der Waals surface area (Å²) in [7, 11) is 1.20. The lowest BCUT2D eigenvalue weighted by Crippen LogP contribution is -2.40. The maximum atomic E-state index is 15.8. The van der Waals surface area contributed by atoms with E-state index >= 15 is 4.39 Å². The maximum Gasteiger partial charge on any atom is 0.325 e. The zero-order chi connectivity index (χ0) is 35.8. The summed E-state index contributed by atoms with van der Waals surface area (Å²) in [6.07, 6.45) is 10.2. The molecule has 0 bridgehead atoms. The van der Waals surface area contributed by atoms with Gasteiger partial charge in [0.1, 0.15) is 24.7 Å². The fourth-order valence-corrected chi connectivity index (χ4v) is 6.66. The van der Waals surface area contributed by atoms with Crippen LogP contribution in [0.15, 0.2) is 36.5 Å². The monoisotopic (exact) mass is 688 g/mol. The van der Waals surface area contributed by atoms with Gasteiger partial charge in [-0.1, -0.05) is 70.9 Å². The molecule has 5 rings (SSSR count). The summed E-state index contributed by atoms with van der Waals surface area (Å²) in [5.74, 6) is -2.11. The number of nitrogens with one attached hydrogen (secondary N) is 2. The van der Waals surface area contributed by atoms with E-state index in [2.05, 4.69) is 20.5 Å². The van der Waals surface area contributed by atoms with Gasteiger partial charge in [0.15, 0.2) is 0 Å². The highest BCUT2D eigenvalue weighted by atomic mass is 19.1. The third kappa shape index (κ3) is 8.80. The lowest BCUT2D eigenvalue weighted by atomic mass is 9.87. The van der Waals surface area contributed by atoms with Crippen LogP contribution in [0.3, 0.4) is 0 Å². The molecule has 1 saturated carbocycles. The number of nitrogens with zero attached hydrogens (tertiary/aromatic N) is 4. The molecule has 0 spiro atoms. The molecule has 0 saturated heterocycles. The number of hydrogen-bond acceptors (Lipinski definition) is 8. The van der Waals surface area contributed by atoms with E-state index in [1.54, 1.807) is 24.3 Å². The smallest absolute Gasteiger partial charge is 0.325 e. The van der Waals surface area contributed by atoms with Gasteiger partial charge in [-0.05, 0) is 35.6 Å². The van der Waals surface area contributed by atoms with Gasteiger partial charge in [0.05, 0.1) is 36.6 Å². The lowest BCUT2D eigenvalue weighted by Gasteiger charge is -2.18. The van der Waals surface area contributed by atoms with Crippen LogP contribution in [0.1, 0.15) is 94.5 Å². The first-order valence-corrected chi connectivity index (χ1v) is 17.4. The second kappa shape index (κ2) is 16.6. The number of benzene rings is 2. The lowest BCUT2D eigenvalue weighted by molar-refractivity contribution is -0.141. The Bertz CT molecular complexity index is 1890. The van der Waals surface area contributed by atoms with Crippen molar-refractivity contribution in [2.75, 3.05) is 20.2 Å². The summed E-state index contributed by atoms with van der Waals surface area (Å²) in [5.41, 5.74) is 2.44. The number of rotatable bonds is 13. The van der Waals surface area contributed by atoms with E-state index < -0.39 is 23.6 Å². The standard InChI is InChI=1S/C37H45FN6O6/c1-23(2)37-36-27(12-9-13-30(36)43(42-37)22-33(47)39-20-32(46)40-21-35(49)50-3)28-18-31-25(17-29(28)38)19-41-44(31)34(48)15-14-26(45)16-24-10-7-5-4-6-8-11-24/h9,12-13,17-19,23-24H,4-8,10-11,14-16,20-22H2,1-3H3,(H,39,47)(H,40,46). The van der Waals surface area contributed by atoms with Crippen LogP contribution in [0.5, 0.6) is 0 Å². The van der Waals surface area contributed by atoms with Gasteiger partial charge >= 0.3 is 5.97 Å². The number of carbonyl (C=O) groups is 5. The van der Waals surface area contributed by atoms with Crippen LogP contribution in [-0.4, -0.2) is 69.2 Å². The molecular formula is C37H45FN6O6. The molecule has 266 valence electrons. The molecule has 1 aliphatic rings. The van der Waals surface area contributed by atoms with E-state index in [1.807, 2.05) is 13.8 Å². The normalized spacial score (nSPS) is 14.0. The van der Waals surface area contributed by atoms with E-state index in [0.717, 1.165) is 25.7 Å². The van der Waals surface area contributed by atoms with Crippen LogP contribution in [0.4, 0.5) is 4.39 Å². The third-order valence-electron chi connectivity index (χ3n) is 9.29. The number of carbonyl (C=O) groups excluding carboxylic acids is 5. The summed E-state index contributed by atoms with van der Waals surface area (Å²) >= 11 is 0. The molecule has 2 N–H and O–H groups in total. The predicted octanol–water partition coefficient (Wildman–Crippen LogP) is 5.46. The summed E-state index contributed by atoms with van der Waals surface area (Å²) in [6, 6.07) is 8.24. The largest absolute Gasteiger partial charge is 0.468 e. The molecule has 0 radical (unpaired) electrons. The zero-order valence-corrected chi connectivity index (χ0v) is 28.9. The average Bonchev–Trinajstić information content (AvgIpc) is 3.67. The molecule has 1 aliphatic carbocycles. The Hall–Kier alpha value is -4.94. The molecule has 13 heteroatoms. The van der Waals surface area contributed by atoms with Crippen LogP contribution in [0, 0.1) is 11.7 Å². The van der Waals surface area contributed by atoms with Crippen LogP contribution in [0.25, 0.3) is 32.9 Å². The summed E-state index contributed by atoms with van der Waals surface area (Å²) in [4.78, 5) is 62.3. The van der Waals surface area contributed by atoms with Gasteiger partial charge in [0, 0.05) is 35.6 Å². The Kier molecular flexibility index (Phi) is 12.1. The summed E-state index contributed by atoms with van der Waals surface area (Å²) in [5, 5.41) is 15.0. The minimum atomic E-state index is -0.613. The molecule has 2 aromatic heterocycles. The Morgan fingerprint density at radius 3 is 2.36 bits per heavy atom. The van der Waals surface area contributed by atoms with Gasteiger partial charge in [-0.3, -0.25) is 28.7 Å². The highest BCUT2D eigenvalue weighted by molar-refractivity contribution is 6.01. The molecule has 2 amide bonds. The van der Waals surface area contributed by atoms with E-state index in [4.69, 9.17) is 5.10 Å². The minimum absolute atomic E-state index is 0.0178. The first kappa shape index (κ1) is 36.3. The Morgan fingerprint density at radius 1 is 0.920 bits per heavy atom. The van der Waals surface area contributed by atoms with Gasteiger partial charge in [-0.15, -0.1) is 0 Å². The summed E-state index contributed by atoms with van der Waals surface area (Å²) in [6.45, 7) is 3.02. The fourth-order valence-electron chi connectivity index (χ4n) is 6.66. The predicted molar refractivity (Wildman–Crippen MR) is 186 cm³/mol. The Morgan fingerprint density at radius 2 is 1.64 bits per heavy atom. The van der Waals surface area contributed by atoms with Crippen molar-refractivity contribution >= 4 is 51.3 Å². The molecule has 0 unspecified atom stereocenters. The van der Waals surface area contributed by atoms with E-state index in [-0.39, 0.29) is 55.6 Å². The number of methoxy groups -OCH3 is 1. The highest BCUT2D eigenvalue weighted by Crippen LogP contribution is 2.37. The fraction of sp³-hybridized carbons (Fsp3) is 0.486. The first-order chi connectivity index (χ1) is 24.0. The summed E-state index contributed by atoms with van der Waals surface area (Å²) < 4.78 is 23.1. The van der Waals surface area contributed by atoms with Crippen molar-refractivity contribution in [3.63, 3.8) is 0 Å². The van der Waals surface area contributed by atoms with Gasteiger partial charge < -0.3 is 15.4 Å². The van der Waals surface area contributed by atoms with Gasteiger partial charge in [-0.25, -0.2) is 9.07 Å². The van der Waals surface area contributed by atoms with Crippen molar-refractivity contribution < 1.29 is 33.1 Å². The van der Waals surface area contributed by atoms with Crippen LogP contribution >= 0.6 is 0 Å². The van der Waals surface area contributed by atoms with Gasteiger partial charge in [0.25, 0.3) is 0 Å². The maximum absolute atomic E-state index is 15.8. The van der Waals surface area contributed by atoms with E-state index in [0.29, 0.717) is 45.4 Å². The van der Waals surface area contributed by atoms with Crippen molar-refractivity contribution in [3.05, 3.63) is 48.0 Å². The van der Waals surface area contributed by atoms with Crippen LogP contribution in [0.2, 0.25) is 0 Å². The first-order valence-electron chi connectivity index (χ1n) is 17.4. The Labute approximate surface area is 290 Å². The number of fused-ring (bicyclic) bond motifs is 2. The van der Waals surface area contributed by atoms with Crippen molar-refractivity contribution in [1.29, 1.82) is 0 Å². The number of amides is 2. The van der Waals surface area contributed by atoms with Crippen LogP contribution < -0.4 is 10.6 Å². The molecule has 1 fully saturated rings. The van der Waals surface area contributed by atoms with Crippen molar-refractivity contribution in [2.24, 2.45) is 5.92 Å². The number of halogens is 1. The minimum Gasteiger partial charge on any atom is -0.468 e. The quantitative estimate of drug-likeness (QED) is 0.176. The second-order valence-corrected chi connectivity index (χ2v) is 13.3. The average molecular weight is 689 g/mol. The molecule has 2 heterocycles. The number of hydrogen-bond donors (Lipinski definition) is 2. The number of aromatic nitrogens is 4. The number of ether oxygens (including phenoxy) is 1. The van der Waals surface area contributed by atoms with Crippen LogP contribution in [-0.2, 0) is 30.5 Å². The van der Waals surface area contributed by atoms with Crippen molar-refractivity contribution in [1.82, 2.24) is 30.2 Å². The van der Waals surface area contributed by atoms with E-state index in [1.165, 1.54) is 48.0 Å². The molecule has 0 aliphatic heterocycles. The molecule has 50 heavy (non-hydrogen) atoms. The number of Topliss-reactive ketones (excluding diaryl/α,β-unsaturated/α-hetero) is 1. The Balaban J connectivity index is 1.35. The number of ketones is 1. The molecule has 0 atom stereocenters. The topological polar surface area (TPSA) is 154 Å².